The first-order valence-electron chi connectivity index (χ1n) is 7.74. The summed E-state index contributed by atoms with van der Waals surface area (Å²) in [6, 6.07) is 11.0. The minimum absolute atomic E-state index is 0.162. The Kier molecular flexibility index (Phi) is 4.67. The van der Waals surface area contributed by atoms with E-state index < -0.39 is 0 Å². The lowest BCUT2D eigenvalue weighted by atomic mass is 10.1. The zero-order valence-electron chi connectivity index (χ0n) is 14.1. The van der Waals surface area contributed by atoms with Gasteiger partial charge in [0.25, 0.3) is 0 Å². The summed E-state index contributed by atoms with van der Waals surface area (Å²) in [6.45, 7) is 5.41. The first kappa shape index (κ1) is 16.9. The molecular formula is C18H18N4O2S. The molecule has 0 bridgehead atoms. The Morgan fingerprint density at radius 2 is 1.80 bits per heavy atom. The van der Waals surface area contributed by atoms with Crippen LogP contribution in [0.3, 0.4) is 0 Å². The van der Waals surface area contributed by atoms with Gasteiger partial charge in [-0.2, -0.15) is 0 Å². The number of rotatable bonds is 3. The molecule has 0 aliphatic rings. The fourth-order valence-electron chi connectivity index (χ4n) is 2.44. The van der Waals surface area contributed by atoms with Gasteiger partial charge in [0.2, 0.25) is 5.91 Å². The molecule has 0 spiro atoms. The summed E-state index contributed by atoms with van der Waals surface area (Å²) in [4.78, 5) is 27.6. The van der Waals surface area contributed by atoms with Crippen LogP contribution in [0.2, 0.25) is 0 Å². The number of thiazole rings is 1. The van der Waals surface area contributed by atoms with Gasteiger partial charge in [-0.25, -0.2) is 9.78 Å². The van der Waals surface area contributed by atoms with Crippen molar-refractivity contribution in [1.82, 2.24) is 4.98 Å². The van der Waals surface area contributed by atoms with Crippen molar-refractivity contribution < 1.29 is 9.59 Å². The highest BCUT2D eigenvalue weighted by Crippen LogP contribution is 2.28. The topological polar surface area (TPSA) is 83.1 Å². The Labute approximate surface area is 149 Å². The Balaban J connectivity index is 1.73. The van der Waals surface area contributed by atoms with Crippen LogP contribution in [0.4, 0.5) is 21.3 Å². The molecule has 0 unspecified atom stereocenters. The largest absolute Gasteiger partial charge is 0.323 e. The molecule has 0 saturated heterocycles. The van der Waals surface area contributed by atoms with Crippen molar-refractivity contribution in [2.45, 2.75) is 20.8 Å². The van der Waals surface area contributed by atoms with Gasteiger partial charge in [0.1, 0.15) is 0 Å². The van der Waals surface area contributed by atoms with Gasteiger partial charge < -0.3 is 16.0 Å². The van der Waals surface area contributed by atoms with Gasteiger partial charge in [-0.3, -0.25) is 4.79 Å². The highest BCUT2D eigenvalue weighted by atomic mass is 32.1. The molecule has 0 aliphatic carbocycles. The molecule has 7 heteroatoms. The summed E-state index contributed by atoms with van der Waals surface area (Å²) >= 11 is 1.36. The number of carbonyl (C=O) groups is 2. The quantitative estimate of drug-likeness (QED) is 0.647. The maximum Gasteiger partial charge on any atom is 0.323 e. The van der Waals surface area contributed by atoms with E-state index in [0.717, 1.165) is 27.0 Å². The van der Waals surface area contributed by atoms with Crippen LogP contribution in [-0.2, 0) is 4.79 Å². The molecule has 0 fully saturated rings. The summed E-state index contributed by atoms with van der Waals surface area (Å²) in [5.41, 5.74) is 4.36. The number of aryl methyl sites for hydroxylation is 2. The van der Waals surface area contributed by atoms with Crippen molar-refractivity contribution in [3.8, 4) is 0 Å². The normalized spacial score (nSPS) is 10.5. The predicted octanol–water partition coefficient (Wildman–Crippen LogP) is 4.52. The molecule has 3 rings (SSSR count). The minimum Gasteiger partial charge on any atom is -0.308 e. The van der Waals surface area contributed by atoms with Crippen molar-refractivity contribution in [3.63, 3.8) is 0 Å². The van der Waals surface area contributed by atoms with Gasteiger partial charge in [-0.1, -0.05) is 29.0 Å². The molecule has 1 aromatic heterocycles. The number of hydrogen-bond acceptors (Lipinski definition) is 4. The molecule has 2 aromatic carbocycles. The van der Waals surface area contributed by atoms with Crippen molar-refractivity contribution >= 4 is 50.0 Å². The number of anilines is 3. The third kappa shape index (κ3) is 4.13. The minimum atomic E-state index is -0.307. The number of carbonyl (C=O) groups excluding carboxylic acids is 2. The summed E-state index contributed by atoms with van der Waals surface area (Å²) in [5, 5.41) is 8.87. The van der Waals surface area contributed by atoms with Crippen LogP contribution in [-0.4, -0.2) is 16.9 Å². The summed E-state index contributed by atoms with van der Waals surface area (Å²) in [6.07, 6.45) is 0. The Hall–Kier alpha value is -2.93. The molecule has 0 saturated carbocycles. The monoisotopic (exact) mass is 354 g/mol. The van der Waals surface area contributed by atoms with Crippen LogP contribution >= 0.6 is 11.3 Å². The summed E-state index contributed by atoms with van der Waals surface area (Å²) in [5.74, 6) is -0.162. The molecule has 3 amide bonds. The van der Waals surface area contributed by atoms with Gasteiger partial charge in [-0.05, 0) is 43.7 Å². The zero-order valence-corrected chi connectivity index (χ0v) is 15.0. The molecule has 1 heterocycles. The predicted molar refractivity (Wildman–Crippen MR) is 102 cm³/mol. The van der Waals surface area contributed by atoms with Crippen LogP contribution in [0.5, 0.6) is 0 Å². The zero-order chi connectivity index (χ0) is 18.0. The van der Waals surface area contributed by atoms with E-state index in [9.17, 15) is 9.59 Å². The van der Waals surface area contributed by atoms with Crippen LogP contribution in [0.1, 0.15) is 18.1 Å². The Bertz CT molecular complexity index is 965. The highest BCUT2D eigenvalue weighted by molar-refractivity contribution is 7.22. The second-order valence-electron chi connectivity index (χ2n) is 5.78. The molecular weight excluding hydrogens is 336 g/mol. The van der Waals surface area contributed by atoms with Crippen LogP contribution in [0, 0.1) is 13.8 Å². The lowest BCUT2D eigenvalue weighted by molar-refractivity contribution is -0.114. The smallest absolute Gasteiger partial charge is 0.308 e. The third-order valence-corrected chi connectivity index (χ3v) is 4.49. The summed E-state index contributed by atoms with van der Waals surface area (Å²) in [7, 11) is 0. The second kappa shape index (κ2) is 6.90. The number of amides is 3. The van der Waals surface area contributed by atoms with Gasteiger partial charge in [-0.15, -0.1) is 0 Å². The average Bonchev–Trinajstić information content (AvgIpc) is 2.90. The van der Waals surface area contributed by atoms with E-state index in [0.29, 0.717) is 10.8 Å². The van der Waals surface area contributed by atoms with Crippen molar-refractivity contribution in [3.05, 3.63) is 47.5 Å². The molecule has 6 nitrogen and oxygen atoms in total. The highest BCUT2D eigenvalue weighted by Gasteiger charge is 2.09. The van der Waals surface area contributed by atoms with E-state index in [4.69, 9.17) is 0 Å². The number of nitrogens with zero attached hydrogens (tertiary/aromatic N) is 1. The van der Waals surface area contributed by atoms with Gasteiger partial charge in [0.05, 0.1) is 10.2 Å². The van der Waals surface area contributed by atoms with E-state index in [2.05, 4.69) is 20.9 Å². The number of urea groups is 1. The third-order valence-electron chi connectivity index (χ3n) is 3.56. The van der Waals surface area contributed by atoms with E-state index in [1.807, 2.05) is 44.2 Å². The first-order chi connectivity index (χ1) is 11.9. The SMILES string of the molecule is CC(=O)Nc1nc2ccc(NC(=O)Nc3ccc(C)cc3C)cc2s1. The van der Waals surface area contributed by atoms with Crippen LogP contribution in [0.25, 0.3) is 10.2 Å². The average molecular weight is 354 g/mol. The van der Waals surface area contributed by atoms with Crippen molar-refractivity contribution in [2.24, 2.45) is 0 Å². The van der Waals surface area contributed by atoms with Gasteiger partial charge >= 0.3 is 6.03 Å². The number of benzene rings is 2. The van der Waals surface area contributed by atoms with E-state index in [1.54, 1.807) is 6.07 Å². The molecule has 0 atom stereocenters. The maximum atomic E-state index is 12.2. The van der Waals surface area contributed by atoms with Crippen molar-refractivity contribution in [2.75, 3.05) is 16.0 Å². The lowest BCUT2D eigenvalue weighted by Gasteiger charge is -2.10. The first-order valence-corrected chi connectivity index (χ1v) is 8.56. The maximum absolute atomic E-state index is 12.2. The fourth-order valence-corrected chi connectivity index (χ4v) is 3.40. The van der Waals surface area contributed by atoms with Gasteiger partial charge in [0.15, 0.2) is 5.13 Å². The Morgan fingerprint density at radius 3 is 2.52 bits per heavy atom. The number of nitrogens with one attached hydrogen (secondary N) is 3. The van der Waals surface area contributed by atoms with E-state index in [1.165, 1.54) is 18.3 Å². The van der Waals surface area contributed by atoms with Crippen LogP contribution in [0.15, 0.2) is 36.4 Å². The number of fused-ring (bicyclic) bond motifs is 1. The molecule has 0 aliphatic heterocycles. The summed E-state index contributed by atoms with van der Waals surface area (Å²) < 4.78 is 0.882. The molecule has 128 valence electrons. The van der Waals surface area contributed by atoms with E-state index >= 15 is 0 Å². The number of aromatic nitrogens is 1. The molecule has 3 N–H and O–H groups in total. The van der Waals surface area contributed by atoms with Crippen molar-refractivity contribution in [1.29, 1.82) is 0 Å². The van der Waals surface area contributed by atoms with E-state index in [-0.39, 0.29) is 11.9 Å². The lowest BCUT2D eigenvalue weighted by Crippen LogP contribution is -2.19. The van der Waals surface area contributed by atoms with Crippen LogP contribution < -0.4 is 16.0 Å². The molecule has 3 aromatic rings. The second-order valence-corrected chi connectivity index (χ2v) is 6.81. The fraction of sp³-hybridized carbons (Fsp3) is 0.167. The Morgan fingerprint density at radius 1 is 1.00 bits per heavy atom. The number of hydrogen-bond donors (Lipinski definition) is 3. The molecule has 0 radical (unpaired) electrons. The molecule has 25 heavy (non-hydrogen) atoms. The van der Waals surface area contributed by atoms with Gasteiger partial charge in [0, 0.05) is 18.3 Å². The standard InChI is InChI=1S/C18H18N4O2S/c1-10-4-6-14(11(2)8-10)21-17(24)20-13-5-7-15-16(9-13)25-18(22-15)19-12(3)23/h4-9H,1-3H3,(H,19,22,23)(H2,20,21,24).